The fraction of sp³-hybridized carbons (Fsp3) is 0.786. The zero-order valence-electron chi connectivity index (χ0n) is 12.3. The first-order valence-electron chi connectivity index (χ1n) is 6.87. The van der Waals surface area contributed by atoms with E-state index in [0.29, 0.717) is 5.92 Å². The van der Waals surface area contributed by atoms with Crippen LogP contribution in [0.2, 0.25) is 0 Å². The summed E-state index contributed by atoms with van der Waals surface area (Å²) in [6.45, 7) is 11.7. The fourth-order valence-electron chi connectivity index (χ4n) is 2.28. The molecule has 0 amide bonds. The predicted octanol–water partition coefficient (Wildman–Crippen LogP) is 2.64. The minimum absolute atomic E-state index is 0.184. The first kappa shape index (κ1) is 15.1. The van der Waals surface area contributed by atoms with Crippen molar-refractivity contribution in [2.45, 2.75) is 39.7 Å². The van der Waals surface area contributed by atoms with Crippen LogP contribution in [-0.4, -0.2) is 38.7 Å². The van der Waals surface area contributed by atoms with Crippen molar-refractivity contribution in [1.29, 1.82) is 0 Å². The van der Waals surface area contributed by atoms with Crippen LogP contribution in [0.15, 0.2) is 6.20 Å². The third-order valence-corrected chi connectivity index (χ3v) is 6.31. The Kier molecular flexibility index (Phi) is 4.79. The Hall–Kier alpha value is -0.260. The third kappa shape index (κ3) is 4.36. The molecular formula is C14H24N2OS2. The molecule has 108 valence electrons. The molecule has 0 spiro atoms. The van der Waals surface area contributed by atoms with Gasteiger partial charge in [0.2, 0.25) is 0 Å². The van der Waals surface area contributed by atoms with E-state index in [1.54, 1.807) is 0 Å². The van der Waals surface area contributed by atoms with Gasteiger partial charge in [0.15, 0.2) is 0 Å². The highest BCUT2D eigenvalue weighted by Gasteiger charge is 2.21. The van der Waals surface area contributed by atoms with E-state index in [1.807, 2.05) is 17.5 Å². The van der Waals surface area contributed by atoms with Crippen LogP contribution in [0.5, 0.6) is 0 Å². The Labute approximate surface area is 122 Å². The molecule has 0 bridgehead atoms. The minimum Gasteiger partial charge on any atom is -0.295 e. The number of aromatic nitrogens is 1. The van der Waals surface area contributed by atoms with Crippen molar-refractivity contribution in [2.24, 2.45) is 5.92 Å². The number of nitrogens with zero attached hydrogens (tertiary/aromatic N) is 2. The van der Waals surface area contributed by atoms with Gasteiger partial charge >= 0.3 is 0 Å². The molecule has 0 unspecified atom stereocenters. The summed E-state index contributed by atoms with van der Waals surface area (Å²) in [6, 6.07) is 0. The molecule has 2 rings (SSSR count). The summed E-state index contributed by atoms with van der Waals surface area (Å²) in [5.74, 6) is 2.18. The summed E-state index contributed by atoms with van der Waals surface area (Å²) in [7, 11) is -0.634. The third-order valence-electron chi connectivity index (χ3n) is 3.33. The maximum atomic E-state index is 11.7. The van der Waals surface area contributed by atoms with Crippen LogP contribution >= 0.6 is 11.3 Å². The van der Waals surface area contributed by atoms with Gasteiger partial charge in [0, 0.05) is 46.5 Å². The van der Waals surface area contributed by atoms with Crippen LogP contribution < -0.4 is 0 Å². The molecule has 0 radical (unpaired) electrons. The number of rotatable bonds is 2. The van der Waals surface area contributed by atoms with E-state index >= 15 is 0 Å². The molecule has 5 heteroatoms. The van der Waals surface area contributed by atoms with Crippen LogP contribution in [0.1, 0.15) is 37.6 Å². The summed E-state index contributed by atoms with van der Waals surface area (Å²) >= 11 is 1.81. The number of hydrogen-bond donors (Lipinski definition) is 0. The highest BCUT2D eigenvalue weighted by molar-refractivity contribution is 7.85. The van der Waals surface area contributed by atoms with Crippen molar-refractivity contribution < 1.29 is 4.21 Å². The average Bonchev–Trinajstić information content (AvgIpc) is 2.67. The van der Waals surface area contributed by atoms with Gasteiger partial charge in [0.05, 0.1) is 6.54 Å². The molecule has 2 heterocycles. The van der Waals surface area contributed by atoms with Gasteiger partial charge in [-0.3, -0.25) is 9.11 Å². The van der Waals surface area contributed by atoms with Crippen molar-refractivity contribution in [3.05, 3.63) is 16.1 Å². The van der Waals surface area contributed by atoms with Crippen molar-refractivity contribution >= 4 is 22.1 Å². The summed E-state index contributed by atoms with van der Waals surface area (Å²) in [5, 5.41) is 1.19. The minimum atomic E-state index is -0.634. The van der Waals surface area contributed by atoms with E-state index in [0.717, 1.165) is 31.1 Å². The Morgan fingerprint density at radius 1 is 1.53 bits per heavy atom. The highest BCUT2D eigenvalue weighted by atomic mass is 32.2. The van der Waals surface area contributed by atoms with Gasteiger partial charge in [-0.1, -0.05) is 27.7 Å². The summed E-state index contributed by atoms with van der Waals surface area (Å²) < 4.78 is 11.7. The molecule has 1 saturated heterocycles. The SMILES string of the molecule is C[C@H]1CN(Cc2ncc(C(C)(C)C)s2)CC[S@](=O)C1. The summed E-state index contributed by atoms with van der Waals surface area (Å²) in [5.41, 5.74) is 0.184. The second-order valence-electron chi connectivity index (χ2n) is 6.52. The Morgan fingerprint density at radius 3 is 2.89 bits per heavy atom. The lowest BCUT2D eigenvalue weighted by atomic mass is 9.96. The molecule has 1 aliphatic heterocycles. The molecule has 0 aromatic carbocycles. The van der Waals surface area contributed by atoms with E-state index < -0.39 is 10.8 Å². The zero-order chi connectivity index (χ0) is 14.0. The first-order chi connectivity index (χ1) is 8.84. The zero-order valence-corrected chi connectivity index (χ0v) is 13.9. The molecule has 1 aromatic rings. The predicted molar refractivity (Wildman–Crippen MR) is 83.1 cm³/mol. The van der Waals surface area contributed by atoms with Gasteiger partial charge in [-0.05, 0) is 11.3 Å². The van der Waals surface area contributed by atoms with Crippen LogP contribution in [0, 0.1) is 5.92 Å². The molecule has 3 nitrogen and oxygen atoms in total. The lowest BCUT2D eigenvalue weighted by Gasteiger charge is -2.20. The van der Waals surface area contributed by atoms with E-state index in [2.05, 4.69) is 37.6 Å². The van der Waals surface area contributed by atoms with E-state index in [-0.39, 0.29) is 5.41 Å². The van der Waals surface area contributed by atoms with Crippen LogP contribution in [0.3, 0.4) is 0 Å². The van der Waals surface area contributed by atoms with Gasteiger partial charge in [-0.25, -0.2) is 4.98 Å². The quantitative estimate of drug-likeness (QED) is 0.842. The Balaban J connectivity index is 2.00. The summed E-state index contributed by atoms with van der Waals surface area (Å²) in [4.78, 5) is 8.30. The molecule has 0 aliphatic carbocycles. The molecule has 1 fully saturated rings. The molecule has 1 aromatic heterocycles. The van der Waals surface area contributed by atoms with Crippen molar-refractivity contribution in [2.75, 3.05) is 24.6 Å². The van der Waals surface area contributed by atoms with Gasteiger partial charge in [-0.15, -0.1) is 11.3 Å². The normalized spacial score (nSPS) is 26.3. The average molecular weight is 300 g/mol. The molecular weight excluding hydrogens is 276 g/mol. The lowest BCUT2D eigenvalue weighted by molar-refractivity contribution is 0.256. The molecule has 1 aliphatic rings. The summed E-state index contributed by atoms with van der Waals surface area (Å²) in [6.07, 6.45) is 2.01. The number of hydrogen-bond acceptors (Lipinski definition) is 4. The Bertz CT molecular complexity index is 451. The largest absolute Gasteiger partial charge is 0.295 e. The van der Waals surface area contributed by atoms with Crippen molar-refractivity contribution in [1.82, 2.24) is 9.88 Å². The van der Waals surface area contributed by atoms with Crippen LogP contribution in [0.25, 0.3) is 0 Å². The fourth-order valence-corrected chi connectivity index (χ4v) is 4.67. The maximum Gasteiger partial charge on any atom is 0.107 e. The van der Waals surface area contributed by atoms with Gasteiger partial charge in [0.1, 0.15) is 5.01 Å². The molecule has 2 atom stereocenters. The van der Waals surface area contributed by atoms with Crippen molar-refractivity contribution in [3.8, 4) is 0 Å². The lowest BCUT2D eigenvalue weighted by Crippen LogP contribution is -2.28. The van der Waals surface area contributed by atoms with Gasteiger partial charge in [0.25, 0.3) is 0 Å². The van der Waals surface area contributed by atoms with E-state index in [9.17, 15) is 4.21 Å². The Morgan fingerprint density at radius 2 is 2.26 bits per heavy atom. The second kappa shape index (κ2) is 6.02. The molecule has 19 heavy (non-hydrogen) atoms. The molecule has 0 saturated carbocycles. The van der Waals surface area contributed by atoms with Crippen LogP contribution in [0.4, 0.5) is 0 Å². The van der Waals surface area contributed by atoms with Gasteiger partial charge in [-0.2, -0.15) is 0 Å². The van der Waals surface area contributed by atoms with Crippen LogP contribution in [-0.2, 0) is 22.8 Å². The van der Waals surface area contributed by atoms with Gasteiger partial charge < -0.3 is 0 Å². The first-order valence-corrected chi connectivity index (χ1v) is 9.17. The highest BCUT2D eigenvalue weighted by Crippen LogP contribution is 2.28. The number of thiazole rings is 1. The smallest absolute Gasteiger partial charge is 0.107 e. The van der Waals surface area contributed by atoms with E-state index in [1.165, 1.54) is 9.88 Å². The monoisotopic (exact) mass is 300 g/mol. The van der Waals surface area contributed by atoms with E-state index in [4.69, 9.17) is 0 Å². The second-order valence-corrected chi connectivity index (χ2v) is 9.26. The maximum absolute atomic E-state index is 11.7. The standard InChI is InChI=1S/C14H24N2OS2/c1-11-8-16(5-6-19(17)10-11)9-13-15-7-12(18-13)14(2,3)4/h7,11H,5-6,8-10H2,1-4H3/t11-,19-/m0/s1. The topological polar surface area (TPSA) is 33.2 Å². The molecule has 0 N–H and O–H groups in total. The van der Waals surface area contributed by atoms with Crippen molar-refractivity contribution in [3.63, 3.8) is 0 Å².